The smallest absolute Gasteiger partial charge is 0.239 e. The van der Waals surface area contributed by atoms with Crippen molar-refractivity contribution in [3.63, 3.8) is 0 Å². The number of aromatic nitrogens is 2. The molecule has 1 aromatic heterocycles. The van der Waals surface area contributed by atoms with Crippen molar-refractivity contribution in [2.45, 2.75) is 6.92 Å². The number of hydrogen-bond acceptors (Lipinski definition) is 6. The summed E-state index contributed by atoms with van der Waals surface area (Å²) >= 11 is 0. The van der Waals surface area contributed by atoms with Gasteiger partial charge in [0.25, 0.3) is 0 Å². The Morgan fingerprint density at radius 2 is 2.36 bits per heavy atom. The topological polar surface area (TPSA) is 87.3 Å². The highest BCUT2D eigenvalue weighted by Crippen LogP contribution is 2.15. The van der Waals surface area contributed by atoms with Gasteiger partial charge in [-0.05, 0) is 6.92 Å². The molecule has 78 valence electrons. The molecular weight excluding hydrogens is 182 g/mol. The first-order chi connectivity index (χ1) is 6.69. The number of aliphatic hydroxyl groups excluding tert-OH is 1. The van der Waals surface area contributed by atoms with Gasteiger partial charge in [-0.15, -0.1) is 0 Å². The Kier molecular flexibility index (Phi) is 3.61. The van der Waals surface area contributed by atoms with Crippen molar-refractivity contribution in [1.82, 2.24) is 9.97 Å². The molecule has 1 rings (SSSR count). The van der Waals surface area contributed by atoms with Crippen molar-refractivity contribution in [1.29, 1.82) is 0 Å². The molecule has 0 saturated heterocycles. The van der Waals surface area contributed by atoms with E-state index in [1.165, 1.54) is 0 Å². The van der Waals surface area contributed by atoms with E-state index in [0.717, 1.165) is 11.4 Å². The highest BCUT2D eigenvalue weighted by molar-refractivity contribution is 5.47. The summed E-state index contributed by atoms with van der Waals surface area (Å²) in [5.74, 6) is 6.34. The number of likely N-dealkylation sites (N-methyl/N-ethyl adjacent to an activating group) is 1. The zero-order valence-electron chi connectivity index (χ0n) is 8.36. The number of nitrogens with zero attached hydrogens (tertiary/aromatic N) is 3. The monoisotopic (exact) mass is 197 g/mol. The molecule has 1 heterocycles. The first-order valence-corrected chi connectivity index (χ1v) is 4.31. The average molecular weight is 197 g/mol. The van der Waals surface area contributed by atoms with Crippen molar-refractivity contribution < 1.29 is 5.11 Å². The lowest BCUT2D eigenvalue weighted by Crippen LogP contribution is -2.24. The molecule has 4 N–H and O–H groups in total. The summed E-state index contributed by atoms with van der Waals surface area (Å²) in [5, 5.41) is 8.79. The second-order valence-corrected chi connectivity index (χ2v) is 2.99. The molecule has 0 spiro atoms. The number of rotatable bonds is 4. The molecule has 0 aliphatic carbocycles. The molecule has 0 saturated carbocycles. The lowest BCUT2D eigenvalue weighted by Gasteiger charge is -2.18. The molecule has 6 heteroatoms. The van der Waals surface area contributed by atoms with Crippen LogP contribution in [0.15, 0.2) is 6.20 Å². The van der Waals surface area contributed by atoms with Gasteiger partial charge in [0.15, 0.2) is 0 Å². The first kappa shape index (κ1) is 10.7. The van der Waals surface area contributed by atoms with Crippen molar-refractivity contribution >= 4 is 11.8 Å². The van der Waals surface area contributed by atoms with Gasteiger partial charge in [0.05, 0.1) is 6.61 Å². The number of nitrogens with two attached hydrogens (primary N) is 1. The molecular formula is C8H15N5O. The molecule has 0 aliphatic heterocycles. The van der Waals surface area contributed by atoms with Gasteiger partial charge < -0.3 is 10.0 Å². The molecule has 0 fully saturated rings. The van der Waals surface area contributed by atoms with E-state index >= 15 is 0 Å². The highest BCUT2D eigenvalue weighted by Gasteiger charge is 2.07. The van der Waals surface area contributed by atoms with Crippen molar-refractivity contribution in [2.24, 2.45) is 5.84 Å². The van der Waals surface area contributed by atoms with Gasteiger partial charge in [-0.3, -0.25) is 5.43 Å². The fraction of sp³-hybridized carbons (Fsp3) is 0.500. The molecule has 0 bridgehead atoms. The number of aliphatic hydroxyl groups is 1. The third-order valence-electron chi connectivity index (χ3n) is 1.87. The Bertz CT molecular complexity index is 304. The Hall–Kier alpha value is -1.40. The fourth-order valence-corrected chi connectivity index (χ4v) is 1.14. The van der Waals surface area contributed by atoms with Gasteiger partial charge in [-0.25, -0.2) is 10.8 Å². The van der Waals surface area contributed by atoms with Crippen LogP contribution < -0.4 is 16.2 Å². The van der Waals surface area contributed by atoms with Crippen LogP contribution in [-0.2, 0) is 0 Å². The summed E-state index contributed by atoms with van der Waals surface area (Å²) in [6, 6.07) is 0. The Balaban J connectivity index is 2.93. The third kappa shape index (κ3) is 2.30. The van der Waals surface area contributed by atoms with Crippen LogP contribution in [0, 0.1) is 6.92 Å². The molecule has 6 nitrogen and oxygen atoms in total. The normalized spacial score (nSPS) is 10.0. The number of hydrogen-bond donors (Lipinski definition) is 3. The predicted octanol–water partition coefficient (Wildman–Crippen LogP) is -0.501. The number of hydrazine groups is 1. The maximum atomic E-state index is 8.79. The first-order valence-electron chi connectivity index (χ1n) is 4.31. The van der Waals surface area contributed by atoms with E-state index in [1.807, 2.05) is 18.9 Å². The van der Waals surface area contributed by atoms with Crippen molar-refractivity contribution in [3.8, 4) is 0 Å². The number of nitrogens with one attached hydrogen (secondary N) is 1. The van der Waals surface area contributed by atoms with Crippen molar-refractivity contribution in [3.05, 3.63) is 11.8 Å². The maximum Gasteiger partial charge on any atom is 0.239 e. The lowest BCUT2D eigenvalue weighted by atomic mass is 10.3. The zero-order chi connectivity index (χ0) is 10.6. The van der Waals surface area contributed by atoms with Crippen molar-refractivity contribution in [2.75, 3.05) is 30.5 Å². The Morgan fingerprint density at radius 3 is 2.93 bits per heavy atom. The molecule has 0 aromatic carbocycles. The number of nitrogen functional groups attached to an aromatic ring is 1. The van der Waals surface area contributed by atoms with E-state index < -0.39 is 0 Å². The molecule has 0 amide bonds. The summed E-state index contributed by atoms with van der Waals surface area (Å²) in [6.45, 7) is 2.52. The summed E-state index contributed by atoms with van der Waals surface area (Å²) in [4.78, 5) is 9.99. The molecule has 0 aliphatic rings. The maximum absolute atomic E-state index is 8.79. The van der Waals surface area contributed by atoms with Gasteiger partial charge in [0.2, 0.25) is 5.95 Å². The van der Waals surface area contributed by atoms with E-state index in [4.69, 9.17) is 10.9 Å². The fourth-order valence-electron chi connectivity index (χ4n) is 1.14. The van der Waals surface area contributed by atoms with Gasteiger partial charge in [-0.1, -0.05) is 0 Å². The number of aryl methyl sites for hydroxylation is 1. The minimum Gasteiger partial charge on any atom is -0.395 e. The summed E-state index contributed by atoms with van der Waals surface area (Å²) in [6.07, 6.45) is 1.69. The van der Waals surface area contributed by atoms with Gasteiger partial charge in [-0.2, -0.15) is 4.98 Å². The van der Waals surface area contributed by atoms with Crippen LogP contribution in [0.3, 0.4) is 0 Å². The Labute approximate surface area is 82.7 Å². The standard InChI is InChI=1S/C8H15N5O/c1-6-5-10-8(12-9)11-7(6)13(2)3-4-14/h5,14H,3-4,9H2,1-2H3,(H,10,11,12). The minimum absolute atomic E-state index is 0.0886. The van der Waals surface area contributed by atoms with E-state index in [1.54, 1.807) is 6.20 Å². The second-order valence-electron chi connectivity index (χ2n) is 2.99. The predicted molar refractivity (Wildman–Crippen MR) is 54.9 cm³/mol. The van der Waals surface area contributed by atoms with Gasteiger partial charge >= 0.3 is 0 Å². The zero-order valence-corrected chi connectivity index (χ0v) is 8.36. The summed E-state index contributed by atoms with van der Waals surface area (Å²) in [7, 11) is 1.85. The van der Waals surface area contributed by atoms with Gasteiger partial charge in [0, 0.05) is 25.4 Å². The van der Waals surface area contributed by atoms with E-state index in [-0.39, 0.29) is 6.61 Å². The molecule has 0 radical (unpaired) electrons. The summed E-state index contributed by atoms with van der Waals surface area (Å²) in [5.41, 5.74) is 3.32. The largest absolute Gasteiger partial charge is 0.395 e. The Morgan fingerprint density at radius 1 is 1.64 bits per heavy atom. The second kappa shape index (κ2) is 4.73. The number of anilines is 2. The summed E-state index contributed by atoms with van der Waals surface area (Å²) < 4.78 is 0. The van der Waals surface area contributed by atoms with Crippen LogP contribution >= 0.6 is 0 Å². The molecule has 1 aromatic rings. The highest BCUT2D eigenvalue weighted by atomic mass is 16.3. The van der Waals surface area contributed by atoms with Crippen LogP contribution in [-0.4, -0.2) is 35.3 Å². The lowest BCUT2D eigenvalue weighted by molar-refractivity contribution is 0.304. The van der Waals surface area contributed by atoms with Crippen LogP contribution in [0.2, 0.25) is 0 Å². The minimum atomic E-state index is 0.0886. The SMILES string of the molecule is Cc1cnc(NN)nc1N(C)CCO. The van der Waals surface area contributed by atoms with E-state index in [9.17, 15) is 0 Å². The molecule has 0 unspecified atom stereocenters. The van der Waals surface area contributed by atoms with E-state index in [2.05, 4.69) is 15.4 Å². The third-order valence-corrected chi connectivity index (χ3v) is 1.87. The molecule has 14 heavy (non-hydrogen) atoms. The van der Waals surface area contributed by atoms with Crippen LogP contribution in [0.4, 0.5) is 11.8 Å². The van der Waals surface area contributed by atoms with Crippen LogP contribution in [0.1, 0.15) is 5.56 Å². The molecule has 0 atom stereocenters. The van der Waals surface area contributed by atoms with Crippen LogP contribution in [0.25, 0.3) is 0 Å². The van der Waals surface area contributed by atoms with Crippen LogP contribution in [0.5, 0.6) is 0 Å². The van der Waals surface area contributed by atoms with Gasteiger partial charge in [0.1, 0.15) is 5.82 Å². The average Bonchev–Trinajstić information content (AvgIpc) is 2.19. The van der Waals surface area contributed by atoms with E-state index in [0.29, 0.717) is 12.5 Å². The quantitative estimate of drug-likeness (QED) is 0.445.